The van der Waals surface area contributed by atoms with Crippen LogP contribution in [0.5, 0.6) is 0 Å². The largest absolute Gasteiger partial charge is 0.345 e. The maximum atomic E-state index is 12.7. The average Bonchev–Trinajstić information content (AvgIpc) is 3.40. The molecule has 194 valence electrons. The van der Waals surface area contributed by atoms with Crippen molar-refractivity contribution in [3.63, 3.8) is 0 Å². The molecule has 1 unspecified atom stereocenters. The van der Waals surface area contributed by atoms with Crippen LogP contribution in [0.25, 0.3) is 10.9 Å². The third-order valence-electron chi connectivity index (χ3n) is 6.73. The molecule has 1 amide bonds. The van der Waals surface area contributed by atoms with E-state index in [0.29, 0.717) is 11.6 Å². The van der Waals surface area contributed by atoms with E-state index in [9.17, 15) is 4.79 Å². The smallest absolute Gasteiger partial charge is 0.271 e. The third kappa shape index (κ3) is 7.94. The lowest BCUT2D eigenvalue weighted by molar-refractivity contribution is 0.0942. The molecule has 5 nitrogen and oxygen atoms in total. The van der Waals surface area contributed by atoms with Crippen LogP contribution < -0.4 is 5.32 Å². The fraction of sp³-hybridized carbons (Fsp3) is 0.387. The van der Waals surface area contributed by atoms with Gasteiger partial charge in [-0.1, -0.05) is 67.1 Å². The summed E-state index contributed by atoms with van der Waals surface area (Å²) in [5.74, 6) is 0.310. The van der Waals surface area contributed by atoms with Crippen LogP contribution in [0.3, 0.4) is 0 Å². The number of hydrogen-bond donors (Lipinski definition) is 1. The molecule has 37 heavy (non-hydrogen) atoms. The van der Waals surface area contributed by atoms with Crippen molar-refractivity contribution in [2.24, 2.45) is 0 Å². The molecule has 3 heterocycles. The molecule has 1 N–H and O–H groups in total. The minimum atomic E-state index is -0.106. The van der Waals surface area contributed by atoms with E-state index in [4.69, 9.17) is 9.97 Å². The minimum Gasteiger partial charge on any atom is -0.345 e. The van der Waals surface area contributed by atoms with Gasteiger partial charge in [0.05, 0.1) is 16.2 Å². The van der Waals surface area contributed by atoms with Gasteiger partial charge in [0.1, 0.15) is 5.69 Å². The Kier molecular flexibility index (Phi) is 9.80. The average molecular weight is 515 g/mol. The number of aromatic nitrogens is 2. The molecule has 1 atom stereocenters. The van der Waals surface area contributed by atoms with Gasteiger partial charge in [0.2, 0.25) is 0 Å². The molecule has 1 aliphatic rings. The van der Waals surface area contributed by atoms with Crippen molar-refractivity contribution in [3.8, 4) is 0 Å². The van der Waals surface area contributed by atoms with Gasteiger partial charge in [-0.05, 0) is 64.8 Å². The van der Waals surface area contributed by atoms with Crippen molar-refractivity contribution in [1.82, 2.24) is 20.2 Å². The molecule has 6 heteroatoms. The molecule has 0 bridgehead atoms. The quantitative estimate of drug-likeness (QED) is 0.233. The Morgan fingerprint density at radius 2 is 1.97 bits per heavy atom. The number of thiazole rings is 1. The Balaban J connectivity index is 1.23. The van der Waals surface area contributed by atoms with E-state index in [2.05, 4.69) is 60.5 Å². The number of rotatable bonds is 10. The summed E-state index contributed by atoms with van der Waals surface area (Å²) in [5, 5.41) is 7.20. The predicted octanol–water partition coefficient (Wildman–Crippen LogP) is 7.05. The Labute approximate surface area is 225 Å². The number of pyridine rings is 1. The minimum absolute atomic E-state index is 0.0541. The number of fused-ring (bicyclic) bond motifs is 1. The van der Waals surface area contributed by atoms with E-state index in [1.54, 1.807) is 11.3 Å². The fourth-order valence-corrected chi connectivity index (χ4v) is 5.64. The van der Waals surface area contributed by atoms with E-state index in [1.807, 2.05) is 42.7 Å². The first-order chi connectivity index (χ1) is 18.0. The Hall–Kier alpha value is -3.09. The predicted molar refractivity (Wildman–Crippen MR) is 155 cm³/mol. The summed E-state index contributed by atoms with van der Waals surface area (Å²) >= 11 is 1.61. The lowest BCUT2D eigenvalue weighted by Crippen LogP contribution is -2.33. The third-order valence-corrected chi connectivity index (χ3v) is 7.74. The van der Waals surface area contributed by atoms with Crippen LogP contribution in [0.15, 0.2) is 77.7 Å². The maximum Gasteiger partial charge on any atom is 0.271 e. The number of piperidine rings is 1. The first kappa shape index (κ1) is 27.0. The molecular weight excluding hydrogens is 476 g/mol. The highest BCUT2D eigenvalue weighted by Gasteiger charge is 2.24. The highest BCUT2D eigenvalue weighted by Crippen LogP contribution is 2.31. The van der Waals surface area contributed by atoms with Crippen LogP contribution in [0.2, 0.25) is 0 Å². The van der Waals surface area contributed by atoms with Gasteiger partial charge < -0.3 is 5.32 Å². The first-order valence-electron chi connectivity index (χ1n) is 13.3. The van der Waals surface area contributed by atoms with E-state index in [0.717, 1.165) is 61.5 Å². The Morgan fingerprint density at radius 3 is 2.78 bits per heavy atom. The van der Waals surface area contributed by atoms with Crippen LogP contribution in [0, 0.1) is 0 Å². The van der Waals surface area contributed by atoms with E-state index >= 15 is 0 Å². The first-order valence-corrected chi connectivity index (χ1v) is 14.2. The van der Waals surface area contributed by atoms with Gasteiger partial charge in [-0.3, -0.25) is 14.7 Å². The van der Waals surface area contributed by atoms with Gasteiger partial charge in [0.15, 0.2) is 0 Å². The summed E-state index contributed by atoms with van der Waals surface area (Å²) in [6.45, 7) is 9.19. The SMILES string of the molecule is CC/C=C(\C)C/C=C\C=C/C(C)NC(=O)c1csc(C2CCN(Cc3ccc4ccccc4n3)CC2)n1. The fourth-order valence-electron chi connectivity index (χ4n) is 4.67. The number of carbonyl (C=O) groups is 1. The highest BCUT2D eigenvalue weighted by molar-refractivity contribution is 7.09. The van der Waals surface area contributed by atoms with Gasteiger partial charge in [-0.15, -0.1) is 11.3 Å². The van der Waals surface area contributed by atoms with E-state index in [1.165, 1.54) is 11.0 Å². The summed E-state index contributed by atoms with van der Waals surface area (Å²) in [7, 11) is 0. The van der Waals surface area contributed by atoms with E-state index in [-0.39, 0.29) is 11.9 Å². The molecule has 1 aliphatic heterocycles. The number of nitrogens with one attached hydrogen (secondary N) is 1. The zero-order valence-electron chi connectivity index (χ0n) is 22.2. The summed E-state index contributed by atoms with van der Waals surface area (Å²) < 4.78 is 0. The molecule has 1 fully saturated rings. The zero-order valence-corrected chi connectivity index (χ0v) is 23.0. The van der Waals surface area contributed by atoms with Crippen LogP contribution >= 0.6 is 11.3 Å². The molecule has 0 spiro atoms. The number of para-hydroxylation sites is 1. The molecule has 0 aliphatic carbocycles. The van der Waals surface area contributed by atoms with Gasteiger partial charge in [-0.2, -0.15) is 0 Å². The van der Waals surface area contributed by atoms with Crippen molar-refractivity contribution in [3.05, 3.63) is 94.1 Å². The van der Waals surface area contributed by atoms with Gasteiger partial charge >= 0.3 is 0 Å². The Morgan fingerprint density at radius 1 is 1.16 bits per heavy atom. The number of nitrogens with zero attached hydrogens (tertiary/aromatic N) is 3. The van der Waals surface area contributed by atoms with Crippen molar-refractivity contribution < 1.29 is 4.79 Å². The number of hydrogen-bond acceptors (Lipinski definition) is 5. The molecule has 1 aromatic carbocycles. The summed E-state index contributed by atoms with van der Waals surface area (Å²) in [5.41, 5.74) is 4.08. The summed E-state index contributed by atoms with van der Waals surface area (Å²) in [6.07, 6.45) is 14.6. The standard InChI is InChI=1S/C31H38N4OS/c1-4-10-23(2)11-6-5-7-12-24(3)32-30(36)29-22-37-31(34-29)26-17-19-35(20-18-26)21-27-16-15-25-13-8-9-14-28(25)33-27/h5-10,12-16,22,24,26H,4,11,17-21H2,1-3H3,(H,32,36)/b6-5-,12-7-,23-10+. The van der Waals surface area contributed by atoms with Gasteiger partial charge in [0, 0.05) is 29.3 Å². The topological polar surface area (TPSA) is 58.1 Å². The van der Waals surface area contributed by atoms with Gasteiger partial charge in [-0.25, -0.2) is 4.98 Å². The zero-order chi connectivity index (χ0) is 26.0. The monoisotopic (exact) mass is 514 g/mol. The lowest BCUT2D eigenvalue weighted by Gasteiger charge is -2.30. The molecule has 2 aromatic heterocycles. The highest BCUT2D eigenvalue weighted by atomic mass is 32.1. The molecule has 3 aromatic rings. The second-order valence-electron chi connectivity index (χ2n) is 9.85. The lowest BCUT2D eigenvalue weighted by atomic mass is 9.97. The van der Waals surface area contributed by atoms with E-state index < -0.39 is 0 Å². The van der Waals surface area contributed by atoms with Crippen molar-refractivity contribution in [2.45, 2.75) is 65.0 Å². The number of benzene rings is 1. The second kappa shape index (κ2) is 13.5. The van der Waals surface area contributed by atoms with Crippen molar-refractivity contribution in [2.75, 3.05) is 13.1 Å². The van der Waals surface area contributed by atoms with Crippen LogP contribution in [-0.4, -0.2) is 39.9 Å². The van der Waals surface area contributed by atoms with Crippen molar-refractivity contribution in [1.29, 1.82) is 0 Å². The summed E-state index contributed by atoms with van der Waals surface area (Å²) in [4.78, 5) is 24.7. The normalized spacial score (nSPS) is 16.7. The molecule has 1 saturated heterocycles. The maximum absolute atomic E-state index is 12.7. The molecule has 4 rings (SSSR count). The second-order valence-corrected chi connectivity index (χ2v) is 10.7. The molecule has 0 saturated carbocycles. The van der Waals surface area contributed by atoms with Crippen LogP contribution in [0.4, 0.5) is 0 Å². The van der Waals surface area contributed by atoms with Crippen LogP contribution in [0.1, 0.15) is 73.6 Å². The van der Waals surface area contributed by atoms with Crippen molar-refractivity contribution >= 4 is 28.1 Å². The molecular formula is C31H38N4OS. The molecule has 0 radical (unpaired) electrons. The number of allylic oxidation sites excluding steroid dienone is 5. The Bertz CT molecular complexity index is 1270. The number of likely N-dealkylation sites (tertiary alicyclic amines) is 1. The summed E-state index contributed by atoms with van der Waals surface area (Å²) in [6, 6.07) is 12.5. The van der Waals surface area contributed by atoms with Gasteiger partial charge in [0.25, 0.3) is 5.91 Å². The number of carbonyl (C=O) groups excluding carboxylic acids is 1. The van der Waals surface area contributed by atoms with Crippen LogP contribution in [-0.2, 0) is 6.54 Å². The number of amides is 1.